The fourth-order valence-corrected chi connectivity index (χ4v) is 0.722. The molecule has 0 aliphatic rings. The number of aromatic nitrogens is 3. The normalized spacial score (nSPS) is 8.53. The molecule has 0 unspecified atom stereocenters. The lowest BCUT2D eigenvalue weighted by molar-refractivity contribution is 0.0683. The highest BCUT2D eigenvalue weighted by molar-refractivity contribution is 5.82. The number of hydrogen-bond donors (Lipinski definition) is 1. The lowest BCUT2D eigenvalue weighted by atomic mass is 10.5. The van der Waals surface area contributed by atoms with Gasteiger partial charge in [-0.05, 0) is 18.2 Å². The summed E-state index contributed by atoms with van der Waals surface area (Å²) < 4.78 is 0. The monoisotopic (exact) mass is 203 g/mol. The van der Waals surface area contributed by atoms with Crippen LogP contribution in [0.4, 0.5) is 0 Å². The van der Waals surface area contributed by atoms with Gasteiger partial charge in [0.2, 0.25) is 5.82 Å². The quantitative estimate of drug-likeness (QED) is 0.754. The van der Waals surface area contributed by atoms with E-state index < -0.39 is 5.97 Å². The second-order valence-electron chi connectivity index (χ2n) is 2.40. The maximum absolute atomic E-state index is 10.1. The second-order valence-corrected chi connectivity index (χ2v) is 2.40. The highest BCUT2D eigenvalue weighted by atomic mass is 16.4. The smallest absolute Gasteiger partial charge is 0.373 e. The Morgan fingerprint density at radius 2 is 1.53 bits per heavy atom. The van der Waals surface area contributed by atoms with E-state index >= 15 is 0 Å². The zero-order chi connectivity index (χ0) is 10.9. The van der Waals surface area contributed by atoms with E-state index in [-0.39, 0.29) is 5.82 Å². The van der Waals surface area contributed by atoms with E-state index in [0.717, 1.165) is 0 Å². The average Bonchev–Trinajstić information content (AvgIpc) is 2.33. The molecule has 0 spiro atoms. The van der Waals surface area contributed by atoms with Crippen molar-refractivity contribution in [3.63, 3.8) is 0 Å². The number of carboxylic acid groups (broad SMARTS) is 1. The van der Waals surface area contributed by atoms with Gasteiger partial charge in [0.15, 0.2) is 0 Å². The number of nitrogens with zero attached hydrogens (tertiary/aromatic N) is 3. The molecule has 2 aromatic rings. The number of hydrogen-bond acceptors (Lipinski definition) is 4. The molecule has 15 heavy (non-hydrogen) atoms. The molecule has 5 nitrogen and oxygen atoms in total. The summed E-state index contributed by atoms with van der Waals surface area (Å²) in [4.78, 5) is 20.8. The van der Waals surface area contributed by atoms with Crippen molar-refractivity contribution in [1.29, 1.82) is 0 Å². The maximum atomic E-state index is 10.1. The summed E-state index contributed by atoms with van der Waals surface area (Å²) in [7, 11) is 0. The van der Waals surface area contributed by atoms with Crippen molar-refractivity contribution in [2.75, 3.05) is 0 Å². The highest BCUT2D eigenvalue weighted by Crippen LogP contribution is 1.84. The minimum absolute atomic E-state index is 0.169. The highest BCUT2D eigenvalue weighted by Gasteiger charge is 2.01. The molecule has 0 bridgehead atoms. The van der Waals surface area contributed by atoms with E-state index in [9.17, 15) is 4.79 Å². The van der Waals surface area contributed by atoms with Gasteiger partial charge in [-0.15, -0.1) is 0 Å². The molecule has 0 amide bonds. The Morgan fingerprint density at radius 3 is 1.80 bits per heavy atom. The topological polar surface area (TPSA) is 76.0 Å². The lowest BCUT2D eigenvalue weighted by Gasteiger charge is -1.86. The van der Waals surface area contributed by atoms with E-state index in [2.05, 4.69) is 15.0 Å². The number of aromatic carboxylic acids is 1. The van der Waals surface area contributed by atoms with Crippen LogP contribution in [0.15, 0.2) is 49.1 Å². The van der Waals surface area contributed by atoms with Gasteiger partial charge >= 0.3 is 5.97 Å². The predicted molar refractivity (Wildman–Crippen MR) is 53.2 cm³/mol. The first-order valence-corrected chi connectivity index (χ1v) is 4.16. The second kappa shape index (κ2) is 6.20. The minimum atomic E-state index is -1.10. The van der Waals surface area contributed by atoms with Crippen LogP contribution in [0.2, 0.25) is 0 Å². The fraction of sp³-hybridized carbons (Fsp3) is 0. The van der Waals surface area contributed by atoms with Gasteiger partial charge in [-0.25, -0.2) is 14.8 Å². The van der Waals surface area contributed by atoms with E-state index in [1.165, 1.54) is 12.4 Å². The molecule has 0 aromatic carbocycles. The molecule has 0 aliphatic heterocycles. The van der Waals surface area contributed by atoms with E-state index in [4.69, 9.17) is 5.11 Å². The average molecular weight is 203 g/mol. The van der Waals surface area contributed by atoms with Gasteiger partial charge in [0.05, 0.1) is 0 Å². The zero-order valence-corrected chi connectivity index (χ0v) is 7.82. The minimum Gasteiger partial charge on any atom is -0.475 e. The van der Waals surface area contributed by atoms with Crippen molar-refractivity contribution in [3.8, 4) is 0 Å². The molecule has 76 valence electrons. The van der Waals surface area contributed by atoms with Gasteiger partial charge in [-0.1, -0.05) is 6.07 Å². The summed E-state index contributed by atoms with van der Waals surface area (Å²) in [5, 5.41) is 8.26. The molecular weight excluding hydrogens is 194 g/mol. The van der Waals surface area contributed by atoms with Crippen LogP contribution in [0.25, 0.3) is 0 Å². The third kappa shape index (κ3) is 4.47. The number of carbonyl (C=O) groups is 1. The molecular formula is C10H9N3O2. The van der Waals surface area contributed by atoms with Crippen molar-refractivity contribution in [1.82, 2.24) is 15.0 Å². The molecule has 1 N–H and O–H groups in total. The Hall–Kier alpha value is -2.30. The molecule has 0 saturated heterocycles. The van der Waals surface area contributed by atoms with Gasteiger partial charge in [0, 0.05) is 24.8 Å². The number of rotatable bonds is 1. The van der Waals surface area contributed by atoms with Crippen LogP contribution in [0.1, 0.15) is 10.6 Å². The molecule has 0 radical (unpaired) electrons. The van der Waals surface area contributed by atoms with Crippen LogP contribution in [-0.2, 0) is 0 Å². The van der Waals surface area contributed by atoms with Gasteiger partial charge in [-0.3, -0.25) is 4.98 Å². The third-order valence-electron chi connectivity index (χ3n) is 1.32. The lowest BCUT2D eigenvalue weighted by Crippen LogP contribution is -2.01. The Balaban J connectivity index is 0.000000162. The Bertz CT molecular complexity index is 365. The number of pyridine rings is 1. The van der Waals surface area contributed by atoms with Gasteiger partial charge in [-0.2, -0.15) is 0 Å². The van der Waals surface area contributed by atoms with Crippen LogP contribution in [0.3, 0.4) is 0 Å². The van der Waals surface area contributed by atoms with Crippen molar-refractivity contribution < 1.29 is 9.90 Å². The van der Waals surface area contributed by atoms with Crippen LogP contribution in [-0.4, -0.2) is 26.0 Å². The molecule has 0 aliphatic carbocycles. The van der Waals surface area contributed by atoms with Crippen molar-refractivity contribution in [3.05, 3.63) is 54.9 Å². The molecule has 5 heteroatoms. The van der Waals surface area contributed by atoms with Gasteiger partial charge in [0.25, 0.3) is 0 Å². The molecule has 2 aromatic heterocycles. The first-order chi connectivity index (χ1) is 7.30. The van der Waals surface area contributed by atoms with Crippen LogP contribution < -0.4 is 0 Å². The van der Waals surface area contributed by atoms with Gasteiger partial charge < -0.3 is 5.11 Å². The first kappa shape index (κ1) is 10.8. The summed E-state index contributed by atoms with van der Waals surface area (Å²) in [5.74, 6) is -1.27. The van der Waals surface area contributed by atoms with Crippen molar-refractivity contribution in [2.24, 2.45) is 0 Å². The van der Waals surface area contributed by atoms with Gasteiger partial charge in [0.1, 0.15) is 0 Å². The molecule has 0 saturated carbocycles. The molecule has 0 fully saturated rings. The Labute approximate surface area is 86.5 Å². The van der Waals surface area contributed by atoms with E-state index in [1.54, 1.807) is 18.5 Å². The molecule has 0 atom stereocenters. The molecule has 2 rings (SSSR count). The maximum Gasteiger partial charge on any atom is 0.373 e. The van der Waals surface area contributed by atoms with Crippen molar-refractivity contribution >= 4 is 5.97 Å². The van der Waals surface area contributed by atoms with Crippen molar-refractivity contribution in [2.45, 2.75) is 0 Å². The van der Waals surface area contributed by atoms with Crippen LogP contribution in [0.5, 0.6) is 0 Å². The van der Waals surface area contributed by atoms with E-state index in [1.807, 2.05) is 18.2 Å². The van der Waals surface area contributed by atoms with E-state index in [0.29, 0.717) is 0 Å². The zero-order valence-electron chi connectivity index (χ0n) is 7.82. The van der Waals surface area contributed by atoms with Crippen LogP contribution >= 0.6 is 0 Å². The molecule has 2 heterocycles. The Morgan fingerprint density at radius 1 is 0.933 bits per heavy atom. The summed E-state index contributed by atoms with van der Waals surface area (Å²) in [6.07, 6.45) is 6.27. The predicted octanol–water partition coefficient (Wildman–Crippen LogP) is 1.26. The third-order valence-corrected chi connectivity index (χ3v) is 1.32. The Kier molecular flexibility index (Phi) is 4.45. The largest absolute Gasteiger partial charge is 0.475 e. The summed E-state index contributed by atoms with van der Waals surface area (Å²) >= 11 is 0. The summed E-state index contributed by atoms with van der Waals surface area (Å²) in [6.45, 7) is 0. The SMILES string of the molecule is O=C(O)c1ncccn1.c1ccncc1. The fourth-order valence-electron chi connectivity index (χ4n) is 0.722. The summed E-state index contributed by atoms with van der Waals surface area (Å²) in [5.41, 5.74) is 0. The summed E-state index contributed by atoms with van der Waals surface area (Å²) in [6, 6.07) is 7.28. The first-order valence-electron chi connectivity index (χ1n) is 4.16. The standard InChI is InChI=1S/C5H4N2O2.C5H5N/c8-5(9)4-6-2-1-3-7-4;1-2-4-6-5-3-1/h1-3H,(H,8,9);1-5H. The van der Waals surface area contributed by atoms with Crippen LogP contribution in [0, 0.1) is 0 Å². The number of carboxylic acids is 1.